The highest BCUT2D eigenvalue weighted by Crippen LogP contribution is 2.35. The van der Waals surface area contributed by atoms with E-state index in [4.69, 9.17) is 0 Å². The van der Waals surface area contributed by atoms with Gasteiger partial charge in [-0.15, -0.1) is 0 Å². The van der Waals surface area contributed by atoms with E-state index in [1.165, 1.54) is 72.8 Å². The van der Waals surface area contributed by atoms with Gasteiger partial charge in [0.2, 0.25) is 0 Å². The van der Waals surface area contributed by atoms with Gasteiger partial charge in [-0.2, -0.15) is 0 Å². The van der Waals surface area contributed by atoms with Gasteiger partial charge in [-0.3, -0.25) is 8.42 Å². The minimum absolute atomic E-state index is 0. The molecule has 0 fully saturated rings. The van der Waals surface area contributed by atoms with Gasteiger partial charge < -0.3 is 62.8 Å². The summed E-state index contributed by atoms with van der Waals surface area (Å²) in [4.78, 5) is 89.8. The van der Waals surface area contributed by atoms with E-state index >= 15 is 0 Å². The normalized spacial score (nSPS) is 9.98. The van der Waals surface area contributed by atoms with Gasteiger partial charge in [-0.25, -0.2) is 38.4 Å². The molecule has 0 saturated heterocycles. The number of carboxylic acids is 8. The fraction of sp³-hybridized carbons (Fsp3) is 0.0526. The molecule has 16 N–H and O–H groups in total. The molecule has 12 aromatic rings. The van der Waals surface area contributed by atoms with Crippen LogP contribution in [0.3, 0.4) is 0 Å². The van der Waals surface area contributed by atoms with Gasteiger partial charge in [0, 0.05) is 46.6 Å². The van der Waals surface area contributed by atoms with E-state index in [0.29, 0.717) is 22.3 Å². The van der Waals surface area contributed by atoms with Gasteiger partial charge in [0.05, 0.1) is 44.5 Å². The molecule has 0 aliphatic carbocycles. The summed E-state index contributed by atoms with van der Waals surface area (Å²) in [7, 11) is -1.22. The Morgan fingerprint density at radius 1 is 0.220 bits per heavy atom. The molecule has 516 valence electrons. The van der Waals surface area contributed by atoms with Crippen molar-refractivity contribution in [2.24, 2.45) is 0 Å². The Kier molecular flexibility index (Phi) is 30.9. The molecule has 0 atom stereocenters. The molecule has 0 aliphatic rings. The third-order valence-electron chi connectivity index (χ3n) is 14.1. The van der Waals surface area contributed by atoms with Crippen molar-refractivity contribution >= 4 is 112 Å². The molecule has 100 heavy (non-hydrogen) atoms. The zero-order chi connectivity index (χ0) is 69.9. The van der Waals surface area contributed by atoms with Gasteiger partial charge in [-0.05, 0) is 160 Å². The second-order valence-electron chi connectivity index (χ2n) is 21.2. The van der Waals surface area contributed by atoms with Gasteiger partial charge in [0.25, 0.3) is 0 Å². The van der Waals surface area contributed by atoms with Crippen LogP contribution in [0.4, 0.5) is 0 Å². The highest BCUT2D eigenvalue weighted by atomic mass is 32.2. The van der Waals surface area contributed by atoms with Crippen molar-refractivity contribution in [1.82, 2.24) is 0 Å². The summed E-state index contributed by atoms with van der Waals surface area (Å²) in [5.74, 6) is -9.19. The number of fused-ring (bicyclic) bond motifs is 4. The molecular formula is C76H68O22S2. The first kappa shape index (κ1) is 81.8. The standard InChI is InChI=1S/4C18H12O4.2C2H6OS.4H2O/c4*19-17(20)13-8-12(9-14(10-13)18(21)22)16-7-3-5-11-4-1-2-6-15(11)16;2*1-4(2)3;;;;/h4*1-10H,(H,19,20)(H,21,22);2*1-2H3;4*1H2. The molecule has 22 nitrogen and oxygen atoms in total. The first-order valence-corrected chi connectivity index (χ1v) is 32.5. The molecule has 0 saturated carbocycles. The molecule has 0 aliphatic heterocycles. The summed E-state index contributed by atoms with van der Waals surface area (Å²) < 4.78 is 19.1. The molecule has 0 heterocycles. The second-order valence-corrected chi connectivity index (χ2v) is 24.2. The summed E-state index contributed by atoms with van der Waals surface area (Å²) in [5.41, 5.74) is 5.24. The molecule has 0 aromatic heterocycles. The Hall–Kier alpha value is -12.4. The summed E-state index contributed by atoms with van der Waals surface area (Å²) >= 11 is 0. The van der Waals surface area contributed by atoms with Crippen molar-refractivity contribution in [3.63, 3.8) is 0 Å². The van der Waals surface area contributed by atoms with Crippen molar-refractivity contribution < 1.29 is 110 Å². The van der Waals surface area contributed by atoms with Gasteiger partial charge in [0.1, 0.15) is 0 Å². The summed E-state index contributed by atoms with van der Waals surface area (Å²) in [5, 5.41) is 81.3. The predicted octanol–water partition coefficient (Wildman–Crippen LogP) is 12.3. The highest BCUT2D eigenvalue weighted by Gasteiger charge is 2.18. The zero-order valence-electron chi connectivity index (χ0n) is 53.6. The van der Waals surface area contributed by atoms with Crippen LogP contribution in [0.25, 0.3) is 87.6 Å². The highest BCUT2D eigenvalue weighted by molar-refractivity contribution is 7.83. The van der Waals surface area contributed by atoms with E-state index in [2.05, 4.69) is 0 Å². The lowest BCUT2D eigenvalue weighted by atomic mass is 9.95. The fourth-order valence-corrected chi connectivity index (χ4v) is 10.0. The third-order valence-corrected chi connectivity index (χ3v) is 14.1. The average Bonchev–Trinajstić information content (AvgIpc) is 0.813. The van der Waals surface area contributed by atoms with Crippen LogP contribution in [-0.2, 0) is 21.6 Å². The molecule has 12 aromatic carbocycles. The lowest BCUT2D eigenvalue weighted by molar-refractivity contribution is 0.0676. The van der Waals surface area contributed by atoms with Gasteiger partial charge in [0.15, 0.2) is 0 Å². The molecule has 0 amide bonds. The maximum absolute atomic E-state index is 11.2. The van der Waals surface area contributed by atoms with Crippen molar-refractivity contribution in [3.8, 4) is 44.5 Å². The average molecular weight is 1400 g/mol. The Bertz CT molecular complexity index is 4270. The van der Waals surface area contributed by atoms with Crippen LogP contribution in [0.5, 0.6) is 0 Å². The minimum atomic E-state index is -1.15. The Morgan fingerprint density at radius 3 is 0.490 bits per heavy atom. The first-order chi connectivity index (χ1) is 45.7. The van der Waals surface area contributed by atoms with Crippen LogP contribution in [0.2, 0.25) is 0 Å². The van der Waals surface area contributed by atoms with Gasteiger partial charge in [-0.1, -0.05) is 170 Å². The molecule has 0 unspecified atom stereocenters. The number of benzene rings is 12. The Labute approximate surface area is 575 Å². The Balaban J connectivity index is 0.000000330. The van der Waals surface area contributed by atoms with Crippen LogP contribution in [0, 0.1) is 0 Å². The molecule has 0 radical (unpaired) electrons. The fourth-order valence-electron chi connectivity index (χ4n) is 10.0. The van der Waals surface area contributed by atoms with E-state index in [1.807, 2.05) is 170 Å². The summed E-state index contributed by atoms with van der Waals surface area (Å²) in [6, 6.07) is 70.1. The topological polar surface area (TPSA) is 459 Å². The van der Waals surface area contributed by atoms with Gasteiger partial charge >= 0.3 is 47.8 Å². The van der Waals surface area contributed by atoms with E-state index in [-0.39, 0.29) is 66.4 Å². The summed E-state index contributed by atoms with van der Waals surface area (Å²) in [6.07, 6.45) is 6.56. The van der Waals surface area contributed by atoms with Crippen molar-refractivity contribution in [2.45, 2.75) is 0 Å². The lowest BCUT2D eigenvalue weighted by Gasteiger charge is -2.09. The monoisotopic (exact) mass is 1400 g/mol. The van der Waals surface area contributed by atoms with E-state index in [0.717, 1.165) is 65.3 Å². The van der Waals surface area contributed by atoms with E-state index in [9.17, 15) is 87.6 Å². The molecule has 12 rings (SSSR count). The van der Waals surface area contributed by atoms with Crippen LogP contribution in [-0.4, -0.2) is 144 Å². The number of aromatic carboxylic acids is 8. The molecular weight excluding hydrogens is 1330 g/mol. The number of carboxylic acid groups (broad SMARTS) is 8. The zero-order valence-corrected chi connectivity index (χ0v) is 55.2. The number of rotatable bonds is 12. The second kappa shape index (κ2) is 37.8. The smallest absolute Gasteiger partial charge is 0.335 e. The van der Waals surface area contributed by atoms with Crippen molar-refractivity contribution in [2.75, 3.05) is 25.0 Å². The van der Waals surface area contributed by atoms with Crippen molar-refractivity contribution in [1.29, 1.82) is 0 Å². The maximum atomic E-state index is 11.2. The van der Waals surface area contributed by atoms with Crippen LogP contribution < -0.4 is 0 Å². The predicted molar refractivity (Wildman–Crippen MR) is 388 cm³/mol. The lowest BCUT2D eigenvalue weighted by Crippen LogP contribution is -2.03. The van der Waals surface area contributed by atoms with E-state index < -0.39 is 69.4 Å². The van der Waals surface area contributed by atoms with E-state index in [1.54, 1.807) is 25.0 Å². The number of hydrogen-bond acceptors (Lipinski definition) is 10. The van der Waals surface area contributed by atoms with Crippen molar-refractivity contribution in [3.05, 3.63) is 287 Å². The molecule has 0 bridgehead atoms. The first-order valence-electron chi connectivity index (χ1n) is 28.6. The largest absolute Gasteiger partial charge is 0.478 e. The molecule has 24 heteroatoms. The molecule has 0 spiro atoms. The minimum Gasteiger partial charge on any atom is -0.478 e. The number of hydrogen-bond donors (Lipinski definition) is 8. The number of carbonyl (C=O) groups is 8. The third kappa shape index (κ3) is 21.8. The van der Waals surface area contributed by atoms with Crippen LogP contribution >= 0.6 is 0 Å². The SMILES string of the molecule is CS(C)=O.CS(C)=O.O.O.O.O.O=C(O)c1cc(C(=O)O)cc(-c2cccc3ccccc23)c1.O=C(O)c1cc(C(=O)O)cc(-c2cccc3ccccc23)c1.O=C(O)c1cc(C(=O)O)cc(-c2cccc3ccccc23)c1.O=C(O)c1cc(C(=O)O)cc(-c2cccc3ccccc23)c1. The maximum Gasteiger partial charge on any atom is 0.335 e. The van der Waals surface area contributed by atoms with Crippen LogP contribution in [0.15, 0.2) is 243 Å². The summed E-state index contributed by atoms with van der Waals surface area (Å²) in [6.45, 7) is 0. The quantitative estimate of drug-likeness (QED) is 0.0563. The Morgan fingerprint density at radius 2 is 0.350 bits per heavy atom. The van der Waals surface area contributed by atoms with Crippen LogP contribution in [0.1, 0.15) is 82.9 Å².